The maximum Gasteiger partial charge on any atom is 0.256 e. The Labute approximate surface area is 106 Å². The van der Waals surface area contributed by atoms with Gasteiger partial charge in [0.1, 0.15) is 5.82 Å². The molecule has 2 aliphatic rings. The highest BCUT2D eigenvalue weighted by molar-refractivity contribution is 5.95. The summed E-state index contributed by atoms with van der Waals surface area (Å²) in [6, 6.07) is 5.10. The van der Waals surface area contributed by atoms with E-state index in [0.717, 1.165) is 25.1 Å². The van der Waals surface area contributed by atoms with Gasteiger partial charge in [-0.05, 0) is 37.9 Å². The van der Waals surface area contributed by atoms with Gasteiger partial charge in [-0.1, -0.05) is 11.6 Å². The first kappa shape index (κ1) is 11.7. The number of carbonyl (C=O) groups is 1. The van der Waals surface area contributed by atoms with Gasteiger partial charge in [-0.3, -0.25) is 4.79 Å². The SMILES string of the molecule is Cc1ccc(F)c(C(=O)N2C[C@@H]3CCN[C@@H]3C2)c1. The fourth-order valence-corrected chi connectivity index (χ4v) is 2.99. The van der Waals surface area contributed by atoms with Crippen molar-refractivity contribution in [2.75, 3.05) is 19.6 Å². The topological polar surface area (TPSA) is 32.3 Å². The standard InChI is InChI=1S/C14H17FN2O/c1-9-2-3-12(15)11(6-9)14(18)17-7-10-4-5-16-13(10)8-17/h2-3,6,10,13,16H,4-5,7-8H2,1H3/t10-,13+/m0/s1. The molecule has 1 amide bonds. The third kappa shape index (κ3) is 1.90. The number of nitrogens with one attached hydrogen (secondary N) is 1. The second kappa shape index (κ2) is 4.35. The second-order valence-corrected chi connectivity index (χ2v) is 5.30. The van der Waals surface area contributed by atoms with Crippen LogP contribution in [0, 0.1) is 18.7 Å². The molecule has 2 atom stereocenters. The molecule has 2 saturated heterocycles. The summed E-state index contributed by atoms with van der Waals surface area (Å²) in [6.07, 6.45) is 1.12. The molecule has 0 spiro atoms. The minimum atomic E-state index is -0.421. The van der Waals surface area contributed by atoms with Gasteiger partial charge in [0.15, 0.2) is 0 Å². The predicted molar refractivity (Wildman–Crippen MR) is 66.9 cm³/mol. The second-order valence-electron chi connectivity index (χ2n) is 5.30. The zero-order valence-corrected chi connectivity index (χ0v) is 10.4. The molecule has 3 rings (SSSR count). The number of hydrogen-bond acceptors (Lipinski definition) is 2. The number of hydrogen-bond donors (Lipinski definition) is 1. The lowest BCUT2D eigenvalue weighted by atomic mass is 10.1. The molecule has 0 saturated carbocycles. The lowest BCUT2D eigenvalue weighted by Gasteiger charge is -2.18. The number of fused-ring (bicyclic) bond motifs is 1. The zero-order chi connectivity index (χ0) is 12.7. The molecule has 1 N–H and O–H groups in total. The number of amides is 1. The summed E-state index contributed by atoms with van der Waals surface area (Å²) in [7, 11) is 0. The van der Waals surface area contributed by atoms with Crippen LogP contribution in [0.3, 0.4) is 0 Å². The van der Waals surface area contributed by atoms with E-state index < -0.39 is 5.82 Å². The van der Waals surface area contributed by atoms with Crippen LogP contribution in [-0.2, 0) is 0 Å². The van der Waals surface area contributed by atoms with E-state index >= 15 is 0 Å². The number of carbonyl (C=O) groups excluding carboxylic acids is 1. The van der Waals surface area contributed by atoms with Gasteiger partial charge < -0.3 is 10.2 Å². The van der Waals surface area contributed by atoms with Gasteiger partial charge in [-0.25, -0.2) is 4.39 Å². The van der Waals surface area contributed by atoms with E-state index in [9.17, 15) is 9.18 Å². The van der Waals surface area contributed by atoms with E-state index in [4.69, 9.17) is 0 Å². The van der Waals surface area contributed by atoms with Crippen molar-refractivity contribution in [3.8, 4) is 0 Å². The van der Waals surface area contributed by atoms with Gasteiger partial charge in [0, 0.05) is 19.1 Å². The van der Waals surface area contributed by atoms with Crippen LogP contribution in [-0.4, -0.2) is 36.5 Å². The van der Waals surface area contributed by atoms with Crippen molar-refractivity contribution in [3.05, 3.63) is 35.1 Å². The minimum Gasteiger partial charge on any atom is -0.337 e. The third-order valence-electron chi connectivity index (χ3n) is 4.00. The summed E-state index contributed by atoms with van der Waals surface area (Å²) < 4.78 is 13.7. The Morgan fingerprint density at radius 3 is 3.06 bits per heavy atom. The third-order valence-corrected chi connectivity index (χ3v) is 4.00. The largest absolute Gasteiger partial charge is 0.337 e. The van der Waals surface area contributed by atoms with Crippen molar-refractivity contribution in [1.82, 2.24) is 10.2 Å². The molecule has 1 aromatic rings. The Kier molecular flexibility index (Phi) is 2.82. The molecule has 1 aromatic carbocycles. The van der Waals surface area contributed by atoms with Crippen molar-refractivity contribution < 1.29 is 9.18 Å². The maximum atomic E-state index is 13.7. The van der Waals surface area contributed by atoms with Crippen molar-refractivity contribution in [3.63, 3.8) is 0 Å². The molecular formula is C14H17FN2O. The van der Waals surface area contributed by atoms with Crippen LogP contribution in [0.4, 0.5) is 4.39 Å². The molecule has 2 heterocycles. The Hall–Kier alpha value is -1.42. The quantitative estimate of drug-likeness (QED) is 0.818. The Balaban J connectivity index is 1.81. The average molecular weight is 248 g/mol. The molecule has 0 aliphatic carbocycles. The Morgan fingerprint density at radius 2 is 2.28 bits per heavy atom. The molecule has 96 valence electrons. The number of halogens is 1. The molecule has 2 aliphatic heterocycles. The lowest BCUT2D eigenvalue weighted by Crippen LogP contribution is -2.34. The van der Waals surface area contributed by atoms with E-state index in [1.165, 1.54) is 6.07 Å². The highest BCUT2D eigenvalue weighted by Crippen LogP contribution is 2.26. The smallest absolute Gasteiger partial charge is 0.256 e. The fraction of sp³-hybridized carbons (Fsp3) is 0.500. The first-order chi connectivity index (χ1) is 8.65. The lowest BCUT2D eigenvalue weighted by molar-refractivity contribution is 0.0778. The summed E-state index contributed by atoms with van der Waals surface area (Å²) in [6.45, 7) is 4.37. The van der Waals surface area contributed by atoms with Crippen molar-refractivity contribution in [1.29, 1.82) is 0 Å². The van der Waals surface area contributed by atoms with Crippen LogP contribution in [0.2, 0.25) is 0 Å². The molecule has 0 bridgehead atoms. The molecule has 0 radical (unpaired) electrons. The van der Waals surface area contributed by atoms with Crippen LogP contribution < -0.4 is 5.32 Å². The summed E-state index contributed by atoms with van der Waals surface area (Å²) >= 11 is 0. The Morgan fingerprint density at radius 1 is 1.44 bits per heavy atom. The van der Waals surface area contributed by atoms with Gasteiger partial charge in [-0.2, -0.15) is 0 Å². The normalized spacial score (nSPS) is 26.4. The number of aryl methyl sites for hydroxylation is 1. The first-order valence-electron chi connectivity index (χ1n) is 6.44. The van der Waals surface area contributed by atoms with Crippen LogP contribution in [0.5, 0.6) is 0 Å². The number of nitrogens with zero attached hydrogens (tertiary/aromatic N) is 1. The summed E-state index contributed by atoms with van der Waals surface area (Å²) in [5.74, 6) is -0.0511. The first-order valence-corrected chi connectivity index (χ1v) is 6.44. The molecular weight excluding hydrogens is 231 g/mol. The van der Waals surface area contributed by atoms with Gasteiger partial charge in [-0.15, -0.1) is 0 Å². The number of likely N-dealkylation sites (tertiary alicyclic amines) is 1. The molecule has 0 unspecified atom stereocenters. The van der Waals surface area contributed by atoms with E-state index in [1.807, 2.05) is 6.92 Å². The van der Waals surface area contributed by atoms with Gasteiger partial charge >= 0.3 is 0 Å². The van der Waals surface area contributed by atoms with Crippen LogP contribution in [0.1, 0.15) is 22.3 Å². The molecule has 18 heavy (non-hydrogen) atoms. The minimum absolute atomic E-state index is 0.174. The summed E-state index contributed by atoms with van der Waals surface area (Å²) in [5.41, 5.74) is 1.12. The average Bonchev–Trinajstić information content (AvgIpc) is 2.91. The van der Waals surface area contributed by atoms with Crippen molar-refractivity contribution in [2.45, 2.75) is 19.4 Å². The van der Waals surface area contributed by atoms with E-state index in [-0.39, 0.29) is 11.5 Å². The van der Waals surface area contributed by atoms with Crippen molar-refractivity contribution >= 4 is 5.91 Å². The molecule has 0 aromatic heterocycles. The fourth-order valence-electron chi connectivity index (χ4n) is 2.99. The molecule has 3 nitrogen and oxygen atoms in total. The predicted octanol–water partition coefficient (Wildman–Crippen LogP) is 1.57. The summed E-state index contributed by atoms with van der Waals surface area (Å²) in [5, 5.41) is 3.39. The van der Waals surface area contributed by atoms with Crippen LogP contribution in [0.25, 0.3) is 0 Å². The highest BCUT2D eigenvalue weighted by atomic mass is 19.1. The van der Waals surface area contributed by atoms with Crippen molar-refractivity contribution in [2.24, 2.45) is 5.92 Å². The molecule has 2 fully saturated rings. The van der Waals surface area contributed by atoms with E-state index in [2.05, 4.69) is 5.32 Å². The van der Waals surface area contributed by atoms with Crippen LogP contribution >= 0.6 is 0 Å². The van der Waals surface area contributed by atoms with Crippen LogP contribution in [0.15, 0.2) is 18.2 Å². The van der Waals surface area contributed by atoms with E-state index in [1.54, 1.807) is 17.0 Å². The maximum absolute atomic E-state index is 13.7. The van der Waals surface area contributed by atoms with Gasteiger partial charge in [0.2, 0.25) is 0 Å². The highest BCUT2D eigenvalue weighted by Gasteiger charge is 2.38. The van der Waals surface area contributed by atoms with Gasteiger partial charge in [0.25, 0.3) is 5.91 Å². The monoisotopic (exact) mass is 248 g/mol. The zero-order valence-electron chi connectivity index (χ0n) is 10.4. The van der Waals surface area contributed by atoms with E-state index in [0.29, 0.717) is 18.5 Å². The number of rotatable bonds is 1. The summed E-state index contributed by atoms with van der Waals surface area (Å²) in [4.78, 5) is 14.1. The number of benzene rings is 1. The molecule has 4 heteroatoms. The van der Waals surface area contributed by atoms with Gasteiger partial charge in [0.05, 0.1) is 5.56 Å². The Bertz CT molecular complexity index is 477.